The van der Waals surface area contributed by atoms with Gasteiger partial charge in [0.25, 0.3) is 5.69 Å². The van der Waals surface area contributed by atoms with Crippen molar-refractivity contribution in [1.82, 2.24) is 0 Å². The number of nitro benzene ring substituents is 1. The van der Waals surface area contributed by atoms with Crippen molar-refractivity contribution in [3.8, 4) is 17.2 Å². The second-order valence-corrected chi connectivity index (χ2v) is 6.25. The number of methoxy groups -OCH3 is 1. The molecule has 0 aliphatic rings. The molecule has 0 bridgehead atoms. The van der Waals surface area contributed by atoms with Crippen LogP contribution in [0.4, 0.5) is 5.69 Å². The van der Waals surface area contributed by atoms with E-state index in [-0.39, 0.29) is 17.9 Å². The number of nitro groups is 1. The summed E-state index contributed by atoms with van der Waals surface area (Å²) in [6.45, 7) is 0.200. The third-order valence-corrected chi connectivity index (χ3v) is 4.29. The second kappa shape index (κ2) is 9.57. The lowest BCUT2D eigenvalue weighted by atomic mass is 10.1. The molecule has 0 fully saturated rings. The van der Waals surface area contributed by atoms with Crippen molar-refractivity contribution >= 4 is 5.69 Å². The largest absolute Gasteiger partial charge is 0.493 e. The zero-order chi connectivity index (χ0) is 20.6. The summed E-state index contributed by atoms with van der Waals surface area (Å²) < 4.78 is 17.0. The fraction of sp³-hybridized carbons (Fsp3) is 0.182. The molecule has 29 heavy (non-hydrogen) atoms. The lowest BCUT2D eigenvalue weighted by Crippen LogP contribution is -2.01. The molecule has 0 radical (unpaired) electrons. The average molecular weight is 395 g/mol. The van der Waals surface area contributed by atoms with Crippen LogP contribution >= 0.6 is 0 Å². The van der Waals surface area contributed by atoms with E-state index < -0.39 is 11.5 Å². The van der Waals surface area contributed by atoms with Crippen LogP contribution in [0.5, 0.6) is 17.2 Å². The van der Waals surface area contributed by atoms with Gasteiger partial charge in [-0.25, -0.2) is 0 Å². The number of benzene rings is 3. The summed E-state index contributed by atoms with van der Waals surface area (Å²) in [5.41, 5.74) is 1.95. The van der Waals surface area contributed by atoms with Crippen LogP contribution in [0.15, 0.2) is 66.7 Å². The molecular formula is C22H21NO6. The van der Waals surface area contributed by atoms with Crippen molar-refractivity contribution < 1.29 is 24.2 Å². The molecule has 0 saturated carbocycles. The number of hydrogen-bond acceptors (Lipinski definition) is 6. The molecule has 0 heterocycles. The van der Waals surface area contributed by atoms with Crippen molar-refractivity contribution in [2.45, 2.75) is 19.8 Å². The van der Waals surface area contributed by atoms with Gasteiger partial charge in [-0.1, -0.05) is 36.4 Å². The van der Waals surface area contributed by atoms with Gasteiger partial charge < -0.3 is 19.3 Å². The summed E-state index contributed by atoms with van der Waals surface area (Å²) in [7, 11) is 1.58. The van der Waals surface area contributed by atoms with E-state index in [4.69, 9.17) is 14.2 Å². The lowest BCUT2D eigenvalue weighted by Gasteiger charge is -2.13. The molecule has 0 atom stereocenters. The van der Waals surface area contributed by atoms with Crippen LogP contribution in [0.25, 0.3) is 0 Å². The highest BCUT2D eigenvalue weighted by Crippen LogP contribution is 2.30. The van der Waals surface area contributed by atoms with Crippen LogP contribution in [0.2, 0.25) is 0 Å². The van der Waals surface area contributed by atoms with Gasteiger partial charge in [-0.2, -0.15) is 0 Å². The normalized spacial score (nSPS) is 10.4. The first-order chi connectivity index (χ1) is 14.1. The molecule has 0 aliphatic heterocycles. The van der Waals surface area contributed by atoms with Gasteiger partial charge in [0, 0.05) is 6.07 Å². The maximum atomic E-state index is 11.0. The molecule has 0 aromatic heterocycles. The summed E-state index contributed by atoms with van der Waals surface area (Å²) in [6.07, 6.45) is 0. The molecule has 3 rings (SSSR count). The zero-order valence-electron chi connectivity index (χ0n) is 15.9. The van der Waals surface area contributed by atoms with Crippen LogP contribution in [0, 0.1) is 10.1 Å². The van der Waals surface area contributed by atoms with E-state index in [1.165, 1.54) is 18.2 Å². The van der Waals surface area contributed by atoms with Gasteiger partial charge >= 0.3 is 0 Å². The first kappa shape index (κ1) is 20.2. The minimum atomic E-state index is -0.533. The Kier molecular flexibility index (Phi) is 6.65. The number of aliphatic hydroxyl groups excluding tert-OH is 1. The maximum absolute atomic E-state index is 11.0. The molecule has 7 nitrogen and oxygen atoms in total. The Labute approximate surface area is 168 Å². The minimum absolute atomic E-state index is 0.138. The fourth-order valence-electron chi connectivity index (χ4n) is 2.78. The Balaban J connectivity index is 1.70. The van der Waals surface area contributed by atoms with E-state index in [1.54, 1.807) is 13.2 Å². The van der Waals surface area contributed by atoms with Crippen LogP contribution in [-0.4, -0.2) is 17.1 Å². The van der Waals surface area contributed by atoms with E-state index in [0.717, 1.165) is 11.1 Å². The maximum Gasteiger partial charge on any atom is 0.275 e. The van der Waals surface area contributed by atoms with E-state index in [2.05, 4.69) is 0 Å². The molecule has 0 saturated heterocycles. The third-order valence-electron chi connectivity index (χ3n) is 4.29. The highest BCUT2D eigenvalue weighted by atomic mass is 16.6. The predicted molar refractivity (Wildman–Crippen MR) is 107 cm³/mol. The molecule has 3 aromatic rings. The molecule has 150 valence electrons. The summed E-state index contributed by atoms with van der Waals surface area (Å²) in [5, 5.41) is 20.3. The van der Waals surface area contributed by atoms with Gasteiger partial charge in [-0.05, 0) is 35.4 Å². The van der Waals surface area contributed by atoms with Crippen LogP contribution in [-0.2, 0) is 19.8 Å². The SMILES string of the molecule is COc1ccc(COc2ccc([N+](=O)[O-])c(CO)c2)cc1OCc1ccccc1. The predicted octanol–water partition coefficient (Wildman–Crippen LogP) is 4.25. The van der Waals surface area contributed by atoms with Gasteiger partial charge in [0.1, 0.15) is 19.0 Å². The number of ether oxygens (including phenoxy) is 3. The smallest absolute Gasteiger partial charge is 0.275 e. The van der Waals surface area contributed by atoms with Crippen LogP contribution in [0.3, 0.4) is 0 Å². The van der Waals surface area contributed by atoms with Crippen LogP contribution in [0.1, 0.15) is 16.7 Å². The van der Waals surface area contributed by atoms with Crippen molar-refractivity contribution in [2.24, 2.45) is 0 Å². The Morgan fingerprint density at radius 1 is 0.897 bits per heavy atom. The van der Waals surface area contributed by atoms with Crippen molar-refractivity contribution in [3.63, 3.8) is 0 Å². The Hall–Kier alpha value is -3.58. The van der Waals surface area contributed by atoms with E-state index in [9.17, 15) is 15.2 Å². The molecule has 1 N–H and O–H groups in total. The summed E-state index contributed by atoms with van der Waals surface area (Å²) >= 11 is 0. The zero-order valence-corrected chi connectivity index (χ0v) is 15.9. The van der Waals surface area contributed by atoms with Gasteiger partial charge in [0.15, 0.2) is 11.5 Å². The quantitative estimate of drug-likeness (QED) is 0.430. The molecular weight excluding hydrogens is 374 g/mol. The van der Waals surface area contributed by atoms with E-state index in [0.29, 0.717) is 23.9 Å². The highest BCUT2D eigenvalue weighted by Gasteiger charge is 2.14. The first-order valence-corrected chi connectivity index (χ1v) is 8.95. The average Bonchev–Trinajstić information content (AvgIpc) is 2.76. The van der Waals surface area contributed by atoms with Gasteiger partial charge in [-0.15, -0.1) is 0 Å². The number of rotatable bonds is 9. The Morgan fingerprint density at radius 2 is 1.66 bits per heavy atom. The molecule has 3 aromatic carbocycles. The monoisotopic (exact) mass is 395 g/mol. The summed E-state index contributed by atoms with van der Waals surface area (Å²) in [5.74, 6) is 1.64. The number of nitrogens with zero attached hydrogens (tertiary/aromatic N) is 1. The lowest BCUT2D eigenvalue weighted by molar-refractivity contribution is -0.385. The van der Waals surface area contributed by atoms with Crippen molar-refractivity contribution in [2.75, 3.05) is 7.11 Å². The van der Waals surface area contributed by atoms with Crippen LogP contribution < -0.4 is 14.2 Å². The highest BCUT2D eigenvalue weighted by molar-refractivity contribution is 5.45. The van der Waals surface area contributed by atoms with Crippen molar-refractivity contribution in [1.29, 1.82) is 0 Å². The van der Waals surface area contributed by atoms with E-state index >= 15 is 0 Å². The third kappa shape index (κ3) is 5.24. The molecule has 0 unspecified atom stereocenters. The number of aliphatic hydroxyl groups is 1. The number of hydrogen-bond donors (Lipinski definition) is 1. The topological polar surface area (TPSA) is 91.1 Å². The minimum Gasteiger partial charge on any atom is -0.493 e. The first-order valence-electron chi connectivity index (χ1n) is 8.95. The molecule has 0 amide bonds. The van der Waals surface area contributed by atoms with Gasteiger partial charge in [-0.3, -0.25) is 10.1 Å². The molecule has 0 spiro atoms. The van der Waals surface area contributed by atoms with Gasteiger partial charge in [0.05, 0.1) is 24.2 Å². The summed E-state index contributed by atoms with van der Waals surface area (Å²) in [6, 6.07) is 19.6. The summed E-state index contributed by atoms with van der Waals surface area (Å²) in [4.78, 5) is 10.4. The second-order valence-electron chi connectivity index (χ2n) is 6.25. The van der Waals surface area contributed by atoms with Crippen molar-refractivity contribution in [3.05, 3.63) is 93.5 Å². The Bertz CT molecular complexity index is 974. The standard InChI is InChI=1S/C22H21NO6/c1-27-21-10-7-17(11-22(21)29-14-16-5-3-2-4-6-16)15-28-19-8-9-20(23(25)26)18(12-19)13-24/h2-12,24H,13-15H2,1H3. The van der Waals surface area contributed by atoms with E-state index in [1.807, 2.05) is 42.5 Å². The fourth-order valence-corrected chi connectivity index (χ4v) is 2.78. The molecule has 7 heteroatoms. The Morgan fingerprint density at radius 3 is 2.34 bits per heavy atom. The van der Waals surface area contributed by atoms with Gasteiger partial charge in [0.2, 0.25) is 0 Å². The molecule has 0 aliphatic carbocycles.